The molecule has 1 heterocycles. The highest BCUT2D eigenvalue weighted by molar-refractivity contribution is 9.11. The molecule has 3 aromatic rings. The molecule has 1 amide bonds. The monoisotopic (exact) mass is 572 g/mol. The van der Waals surface area contributed by atoms with Crippen molar-refractivity contribution in [1.29, 1.82) is 0 Å². The summed E-state index contributed by atoms with van der Waals surface area (Å²) in [5.41, 5.74) is -6.69. The van der Waals surface area contributed by atoms with Gasteiger partial charge >= 0.3 is 18.0 Å². The van der Waals surface area contributed by atoms with Crippen LogP contribution in [0.3, 0.4) is 0 Å². The molecule has 0 aliphatic heterocycles. The largest absolute Gasteiger partial charge is 0.435 e. The zero-order valence-electron chi connectivity index (χ0n) is 14.9. The second-order valence-corrected chi connectivity index (χ2v) is 8.04. The van der Waals surface area contributed by atoms with Crippen molar-refractivity contribution >= 4 is 54.4 Å². The first-order valence-corrected chi connectivity index (χ1v) is 9.82. The number of fused-ring (bicyclic) bond motifs is 1. The average molecular weight is 574 g/mol. The first-order chi connectivity index (χ1) is 14.3. The van der Waals surface area contributed by atoms with E-state index in [4.69, 9.17) is 0 Å². The van der Waals surface area contributed by atoms with E-state index in [-0.39, 0.29) is 20.2 Å². The third kappa shape index (κ3) is 4.27. The topological polar surface area (TPSA) is 42.0 Å². The van der Waals surface area contributed by atoms with Gasteiger partial charge in [0, 0.05) is 31.7 Å². The zero-order chi connectivity index (χ0) is 23.2. The molecular weight excluding hydrogens is 565 g/mol. The fourth-order valence-electron chi connectivity index (χ4n) is 2.78. The van der Waals surface area contributed by atoms with E-state index >= 15 is 0 Å². The van der Waals surface area contributed by atoms with Crippen LogP contribution in [-0.2, 0) is 5.67 Å². The SMILES string of the molecule is O=C(Nc1c(Br)cc(C(F)(C(F)(F)F)C(F)(F)F)cc1Br)c1ccc2ncccc2c1. The van der Waals surface area contributed by atoms with E-state index in [9.17, 15) is 35.5 Å². The molecule has 164 valence electrons. The second-order valence-electron chi connectivity index (χ2n) is 6.33. The molecule has 31 heavy (non-hydrogen) atoms. The summed E-state index contributed by atoms with van der Waals surface area (Å²) in [7, 11) is 0. The van der Waals surface area contributed by atoms with Crippen molar-refractivity contribution in [2.24, 2.45) is 0 Å². The smallest absolute Gasteiger partial charge is 0.320 e. The average Bonchev–Trinajstić information content (AvgIpc) is 2.67. The Morgan fingerprint density at radius 3 is 2.00 bits per heavy atom. The van der Waals surface area contributed by atoms with Gasteiger partial charge in [-0.2, -0.15) is 26.3 Å². The summed E-state index contributed by atoms with van der Waals surface area (Å²) in [6.07, 6.45) is -11.0. The fraction of sp³-hybridized carbons (Fsp3) is 0.158. The van der Waals surface area contributed by atoms with Crippen molar-refractivity contribution in [2.75, 3.05) is 5.32 Å². The number of hydrogen-bond acceptors (Lipinski definition) is 2. The predicted molar refractivity (Wildman–Crippen MR) is 106 cm³/mol. The maximum Gasteiger partial charge on any atom is 0.435 e. The normalized spacial score (nSPS) is 12.8. The maximum atomic E-state index is 14.3. The number of pyridine rings is 1. The predicted octanol–water partition coefficient (Wildman–Crippen LogP) is 7.30. The number of carbonyl (C=O) groups excluding carboxylic acids is 1. The number of nitrogens with zero attached hydrogens (tertiary/aromatic N) is 1. The van der Waals surface area contributed by atoms with Crippen molar-refractivity contribution in [1.82, 2.24) is 4.98 Å². The minimum absolute atomic E-state index is 0.161. The lowest BCUT2D eigenvalue weighted by atomic mass is 9.94. The van der Waals surface area contributed by atoms with Gasteiger partial charge in [0.2, 0.25) is 0 Å². The molecule has 0 fully saturated rings. The lowest BCUT2D eigenvalue weighted by molar-refractivity contribution is -0.348. The Morgan fingerprint density at radius 1 is 0.871 bits per heavy atom. The van der Waals surface area contributed by atoms with E-state index in [1.165, 1.54) is 12.1 Å². The van der Waals surface area contributed by atoms with Gasteiger partial charge in [-0.05, 0) is 68.3 Å². The minimum atomic E-state index is -6.26. The summed E-state index contributed by atoms with van der Waals surface area (Å²) in [5, 5.41) is 3.02. The third-order valence-electron chi connectivity index (χ3n) is 4.32. The molecule has 0 saturated heterocycles. The molecule has 0 radical (unpaired) electrons. The van der Waals surface area contributed by atoms with E-state index in [2.05, 4.69) is 42.2 Å². The van der Waals surface area contributed by atoms with Crippen LogP contribution in [0.2, 0.25) is 0 Å². The first kappa shape index (κ1) is 23.5. The van der Waals surface area contributed by atoms with Crippen LogP contribution in [0.25, 0.3) is 10.9 Å². The summed E-state index contributed by atoms with van der Waals surface area (Å²) in [6.45, 7) is 0. The van der Waals surface area contributed by atoms with Gasteiger partial charge in [-0.25, -0.2) is 4.39 Å². The number of aromatic nitrogens is 1. The summed E-state index contributed by atoms with van der Waals surface area (Å²) < 4.78 is 91.6. The van der Waals surface area contributed by atoms with Crippen LogP contribution >= 0.6 is 31.9 Å². The van der Waals surface area contributed by atoms with Gasteiger partial charge in [-0.1, -0.05) is 6.07 Å². The molecule has 0 spiro atoms. The molecule has 0 saturated carbocycles. The molecule has 2 aromatic carbocycles. The van der Waals surface area contributed by atoms with Crippen LogP contribution in [0.1, 0.15) is 15.9 Å². The fourth-order valence-corrected chi connectivity index (χ4v) is 4.17. The minimum Gasteiger partial charge on any atom is -0.320 e. The standard InChI is InChI=1S/C19H9Br2F7N2O/c20-12-7-11(17(22,18(23,24)25)19(26,27)28)8-13(21)15(12)30-16(31)10-3-4-14-9(6-10)2-1-5-29-14/h1-8H,(H,30,31). The van der Waals surface area contributed by atoms with Crippen molar-refractivity contribution in [2.45, 2.75) is 18.0 Å². The van der Waals surface area contributed by atoms with Crippen LogP contribution in [0, 0.1) is 0 Å². The second kappa shape index (κ2) is 8.05. The lowest BCUT2D eigenvalue weighted by Crippen LogP contribution is -2.50. The number of halogens is 9. The summed E-state index contributed by atoms with van der Waals surface area (Å²) in [6, 6.07) is 8.53. The molecule has 0 bridgehead atoms. The Morgan fingerprint density at radius 2 is 1.45 bits per heavy atom. The molecule has 0 atom stereocenters. The van der Waals surface area contributed by atoms with Gasteiger partial charge in [0.15, 0.2) is 0 Å². The molecule has 3 rings (SSSR count). The van der Waals surface area contributed by atoms with Crippen LogP contribution in [0.15, 0.2) is 57.6 Å². The van der Waals surface area contributed by atoms with Gasteiger partial charge in [-0.15, -0.1) is 0 Å². The molecule has 0 unspecified atom stereocenters. The van der Waals surface area contributed by atoms with Crippen molar-refractivity contribution in [3.05, 3.63) is 68.7 Å². The summed E-state index contributed by atoms with van der Waals surface area (Å²) in [4.78, 5) is 16.7. The zero-order valence-corrected chi connectivity index (χ0v) is 18.0. The first-order valence-electron chi connectivity index (χ1n) is 8.23. The van der Waals surface area contributed by atoms with Gasteiger partial charge in [0.25, 0.3) is 5.91 Å². The van der Waals surface area contributed by atoms with Crippen LogP contribution in [0.4, 0.5) is 36.4 Å². The Labute approximate surface area is 186 Å². The number of rotatable bonds is 3. The van der Waals surface area contributed by atoms with Crippen LogP contribution < -0.4 is 5.32 Å². The lowest BCUT2D eigenvalue weighted by Gasteiger charge is -2.31. The number of nitrogens with one attached hydrogen (secondary N) is 1. The Balaban J connectivity index is 1.99. The Kier molecular flexibility index (Phi) is 6.09. The number of amides is 1. The maximum absolute atomic E-state index is 14.3. The highest BCUT2D eigenvalue weighted by Gasteiger charge is 2.73. The van der Waals surface area contributed by atoms with Crippen LogP contribution in [0.5, 0.6) is 0 Å². The van der Waals surface area contributed by atoms with Gasteiger partial charge in [-0.3, -0.25) is 9.78 Å². The molecule has 1 aromatic heterocycles. The summed E-state index contributed by atoms with van der Waals surface area (Å²) >= 11 is 5.62. The Hall–Kier alpha value is -2.21. The van der Waals surface area contributed by atoms with E-state index in [1.807, 2.05) is 0 Å². The molecular formula is C19H9Br2F7N2O. The van der Waals surface area contributed by atoms with Crippen molar-refractivity contribution in [3.63, 3.8) is 0 Å². The van der Waals surface area contributed by atoms with Crippen molar-refractivity contribution < 1.29 is 35.5 Å². The van der Waals surface area contributed by atoms with Crippen LogP contribution in [-0.4, -0.2) is 23.2 Å². The molecule has 12 heteroatoms. The number of benzene rings is 2. The molecule has 0 aliphatic carbocycles. The molecule has 0 aliphatic rings. The quantitative estimate of drug-likeness (QED) is 0.334. The number of hydrogen-bond donors (Lipinski definition) is 1. The number of carbonyl (C=O) groups is 1. The molecule has 1 N–H and O–H groups in total. The van der Waals surface area contributed by atoms with Gasteiger partial charge in [0.05, 0.1) is 11.2 Å². The van der Waals surface area contributed by atoms with E-state index < -0.39 is 29.5 Å². The highest BCUT2D eigenvalue weighted by atomic mass is 79.9. The Bertz CT molecular complexity index is 1120. The number of alkyl halides is 7. The van der Waals surface area contributed by atoms with E-state index in [1.54, 1.807) is 24.4 Å². The summed E-state index contributed by atoms with van der Waals surface area (Å²) in [5.74, 6) is -0.696. The highest BCUT2D eigenvalue weighted by Crippen LogP contribution is 2.54. The van der Waals surface area contributed by atoms with Gasteiger partial charge < -0.3 is 5.32 Å². The number of anilines is 1. The third-order valence-corrected chi connectivity index (χ3v) is 5.58. The van der Waals surface area contributed by atoms with E-state index in [0.717, 1.165) is 0 Å². The van der Waals surface area contributed by atoms with Crippen molar-refractivity contribution in [3.8, 4) is 0 Å². The molecule has 3 nitrogen and oxygen atoms in total. The van der Waals surface area contributed by atoms with E-state index in [0.29, 0.717) is 23.0 Å². The van der Waals surface area contributed by atoms with Gasteiger partial charge in [0.1, 0.15) is 0 Å².